The lowest BCUT2D eigenvalue weighted by atomic mass is 10.2. The van der Waals surface area contributed by atoms with E-state index >= 15 is 0 Å². The summed E-state index contributed by atoms with van der Waals surface area (Å²) in [6.45, 7) is 4.84. The monoisotopic (exact) mass is 317 g/mol. The van der Waals surface area contributed by atoms with Crippen molar-refractivity contribution in [3.05, 3.63) is 40.6 Å². The normalized spacial score (nSPS) is 11.0. The average molecular weight is 317 g/mol. The van der Waals surface area contributed by atoms with Gasteiger partial charge in [-0.2, -0.15) is 4.37 Å². The SMILES string of the molecule is CC(C)c1nsc(NCc2nc(-c3ccccn3)cs2)n1. The van der Waals surface area contributed by atoms with E-state index in [4.69, 9.17) is 0 Å². The van der Waals surface area contributed by atoms with Gasteiger partial charge in [0.1, 0.15) is 10.8 Å². The van der Waals surface area contributed by atoms with Gasteiger partial charge in [0.25, 0.3) is 0 Å². The molecule has 21 heavy (non-hydrogen) atoms. The first kappa shape index (κ1) is 14.1. The summed E-state index contributed by atoms with van der Waals surface area (Å²) in [6.07, 6.45) is 1.78. The summed E-state index contributed by atoms with van der Waals surface area (Å²) in [5, 5.41) is 7.15. The average Bonchev–Trinajstić information content (AvgIpc) is 3.15. The van der Waals surface area contributed by atoms with Crippen molar-refractivity contribution in [3.8, 4) is 11.4 Å². The van der Waals surface area contributed by atoms with Crippen LogP contribution in [0.2, 0.25) is 0 Å². The first-order valence-corrected chi connectivity index (χ1v) is 8.31. The van der Waals surface area contributed by atoms with Crippen molar-refractivity contribution < 1.29 is 0 Å². The molecule has 108 valence electrons. The molecule has 0 atom stereocenters. The Morgan fingerprint density at radius 3 is 2.81 bits per heavy atom. The van der Waals surface area contributed by atoms with Crippen LogP contribution in [-0.2, 0) is 6.54 Å². The van der Waals surface area contributed by atoms with E-state index in [1.165, 1.54) is 11.5 Å². The Labute approximate surface area is 131 Å². The number of aromatic nitrogens is 4. The molecule has 0 aliphatic heterocycles. The quantitative estimate of drug-likeness (QED) is 0.775. The molecule has 3 aromatic rings. The molecule has 0 unspecified atom stereocenters. The second-order valence-corrected chi connectivity index (χ2v) is 6.50. The molecule has 0 saturated heterocycles. The third kappa shape index (κ3) is 3.43. The number of nitrogens with zero attached hydrogens (tertiary/aromatic N) is 4. The molecule has 0 bridgehead atoms. The predicted molar refractivity (Wildman–Crippen MR) is 86.7 cm³/mol. The van der Waals surface area contributed by atoms with Crippen LogP contribution >= 0.6 is 22.9 Å². The standard InChI is InChI=1S/C14H15N5S2/c1-9(2)13-18-14(21-19-13)16-7-12-17-11(8-20-12)10-5-3-4-6-15-10/h3-6,8-9H,7H2,1-2H3,(H,16,18,19). The maximum Gasteiger partial charge on any atom is 0.202 e. The van der Waals surface area contributed by atoms with E-state index in [0.717, 1.165) is 27.4 Å². The van der Waals surface area contributed by atoms with Crippen molar-refractivity contribution in [3.63, 3.8) is 0 Å². The summed E-state index contributed by atoms with van der Waals surface area (Å²) in [5.41, 5.74) is 1.82. The van der Waals surface area contributed by atoms with Gasteiger partial charge < -0.3 is 5.32 Å². The first-order chi connectivity index (χ1) is 10.2. The zero-order chi connectivity index (χ0) is 14.7. The van der Waals surface area contributed by atoms with Crippen LogP contribution < -0.4 is 5.32 Å². The van der Waals surface area contributed by atoms with Gasteiger partial charge in [-0.05, 0) is 12.1 Å². The zero-order valence-corrected chi connectivity index (χ0v) is 13.4. The van der Waals surface area contributed by atoms with Crippen molar-refractivity contribution in [2.45, 2.75) is 26.3 Å². The Kier molecular flexibility index (Phi) is 4.21. The fraction of sp³-hybridized carbons (Fsp3) is 0.286. The van der Waals surface area contributed by atoms with Crippen LogP contribution in [0.3, 0.4) is 0 Å². The van der Waals surface area contributed by atoms with Gasteiger partial charge in [-0.3, -0.25) is 4.98 Å². The molecule has 3 rings (SSSR count). The number of pyridine rings is 1. The molecule has 0 spiro atoms. The molecule has 3 aromatic heterocycles. The van der Waals surface area contributed by atoms with Crippen molar-refractivity contribution in [2.24, 2.45) is 0 Å². The maximum atomic E-state index is 4.59. The molecule has 0 saturated carbocycles. The van der Waals surface area contributed by atoms with E-state index in [-0.39, 0.29) is 0 Å². The van der Waals surface area contributed by atoms with Gasteiger partial charge in [0, 0.05) is 29.0 Å². The van der Waals surface area contributed by atoms with E-state index in [1.54, 1.807) is 17.5 Å². The largest absolute Gasteiger partial charge is 0.354 e. The van der Waals surface area contributed by atoms with Crippen LogP contribution in [0.25, 0.3) is 11.4 Å². The Morgan fingerprint density at radius 2 is 2.10 bits per heavy atom. The summed E-state index contributed by atoms with van der Waals surface area (Å²) in [7, 11) is 0. The lowest BCUT2D eigenvalue weighted by Gasteiger charge is -1.98. The third-order valence-electron chi connectivity index (χ3n) is 2.83. The van der Waals surface area contributed by atoms with Crippen LogP contribution in [0.1, 0.15) is 30.6 Å². The number of hydrogen-bond donors (Lipinski definition) is 1. The van der Waals surface area contributed by atoms with Gasteiger partial charge in [0.15, 0.2) is 0 Å². The highest BCUT2D eigenvalue weighted by Gasteiger charge is 2.09. The van der Waals surface area contributed by atoms with E-state index in [9.17, 15) is 0 Å². The summed E-state index contributed by atoms with van der Waals surface area (Å²) in [6, 6.07) is 5.83. The molecular formula is C14H15N5S2. The molecule has 0 aromatic carbocycles. The highest BCUT2D eigenvalue weighted by Crippen LogP contribution is 2.22. The van der Waals surface area contributed by atoms with Gasteiger partial charge in [0.2, 0.25) is 5.13 Å². The number of hydrogen-bond acceptors (Lipinski definition) is 7. The molecule has 5 nitrogen and oxygen atoms in total. The van der Waals surface area contributed by atoms with Crippen LogP contribution in [0, 0.1) is 0 Å². The highest BCUT2D eigenvalue weighted by molar-refractivity contribution is 7.10. The zero-order valence-electron chi connectivity index (χ0n) is 11.8. The molecule has 3 heterocycles. The van der Waals surface area contributed by atoms with Crippen molar-refractivity contribution >= 4 is 28.0 Å². The van der Waals surface area contributed by atoms with Gasteiger partial charge in [-0.1, -0.05) is 19.9 Å². The van der Waals surface area contributed by atoms with Gasteiger partial charge in [-0.25, -0.2) is 9.97 Å². The molecule has 7 heteroatoms. The highest BCUT2D eigenvalue weighted by atomic mass is 32.1. The fourth-order valence-corrected chi connectivity index (χ4v) is 3.15. The minimum atomic E-state index is 0.354. The van der Waals surface area contributed by atoms with Crippen LogP contribution in [0.4, 0.5) is 5.13 Å². The summed E-state index contributed by atoms with van der Waals surface area (Å²) < 4.78 is 4.32. The number of nitrogens with one attached hydrogen (secondary N) is 1. The van der Waals surface area contributed by atoms with Crippen LogP contribution in [0.15, 0.2) is 29.8 Å². The third-order valence-corrected chi connectivity index (χ3v) is 4.36. The van der Waals surface area contributed by atoms with Crippen LogP contribution in [0.5, 0.6) is 0 Å². The number of anilines is 1. The minimum absolute atomic E-state index is 0.354. The molecule has 1 N–H and O–H groups in total. The Bertz CT molecular complexity index is 705. The van der Waals surface area contributed by atoms with Crippen molar-refractivity contribution in [1.29, 1.82) is 0 Å². The van der Waals surface area contributed by atoms with E-state index in [0.29, 0.717) is 12.5 Å². The Hall–Kier alpha value is -1.86. The first-order valence-electron chi connectivity index (χ1n) is 6.65. The second-order valence-electron chi connectivity index (χ2n) is 4.81. The molecule has 0 aliphatic carbocycles. The fourth-order valence-electron chi connectivity index (χ4n) is 1.72. The summed E-state index contributed by atoms with van der Waals surface area (Å²) in [4.78, 5) is 13.3. The van der Waals surface area contributed by atoms with Gasteiger partial charge in [-0.15, -0.1) is 11.3 Å². The predicted octanol–water partition coefficient (Wildman–Crippen LogP) is 3.79. The summed E-state index contributed by atoms with van der Waals surface area (Å²) in [5.74, 6) is 1.24. The van der Waals surface area contributed by atoms with E-state index in [1.807, 2.05) is 23.6 Å². The number of rotatable bonds is 5. The smallest absolute Gasteiger partial charge is 0.202 e. The molecule has 0 radical (unpaired) electrons. The summed E-state index contributed by atoms with van der Waals surface area (Å²) >= 11 is 3.01. The van der Waals surface area contributed by atoms with Gasteiger partial charge >= 0.3 is 0 Å². The lowest BCUT2D eigenvalue weighted by molar-refractivity contribution is 0.799. The maximum absolute atomic E-state index is 4.59. The Morgan fingerprint density at radius 1 is 1.19 bits per heavy atom. The molecule has 0 aliphatic rings. The molecular weight excluding hydrogens is 302 g/mol. The topological polar surface area (TPSA) is 63.6 Å². The van der Waals surface area contributed by atoms with Crippen LogP contribution in [-0.4, -0.2) is 19.3 Å². The molecule has 0 amide bonds. The minimum Gasteiger partial charge on any atom is -0.354 e. The van der Waals surface area contributed by atoms with E-state index < -0.39 is 0 Å². The van der Waals surface area contributed by atoms with E-state index in [2.05, 4.69) is 38.5 Å². The van der Waals surface area contributed by atoms with Crippen molar-refractivity contribution in [1.82, 2.24) is 19.3 Å². The lowest BCUT2D eigenvalue weighted by Crippen LogP contribution is -1.99. The van der Waals surface area contributed by atoms with Gasteiger partial charge in [0.05, 0.1) is 17.9 Å². The Balaban J connectivity index is 1.65. The number of thiazole rings is 1. The van der Waals surface area contributed by atoms with Crippen molar-refractivity contribution in [2.75, 3.05) is 5.32 Å². The molecule has 0 fully saturated rings. The second kappa shape index (κ2) is 6.28.